The summed E-state index contributed by atoms with van der Waals surface area (Å²) in [4.78, 5) is 3.19. The maximum atomic E-state index is 13.5. The molecule has 88 valence electrons. The van der Waals surface area contributed by atoms with Crippen molar-refractivity contribution in [2.24, 2.45) is 0 Å². The Kier molecular flexibility index (Phi) is 3.31. The van der Waals surface area contributed by atoms with Crippen molar-refractivity contribution in [3.8, 4) is 0 Å². The number of hydrogen-bond donors (Lipinski definition) is 1. The summed E-state index contributed by atoms with van der Waals surface area (Å²) in [6.45, 7) is 1.38. The Hall–Kier alpha value is -1.27. The standard InChI is InChI=1S/C10H12F2N2O2/c11-8-4-6(9(12)10(13)14-8)3-7-5-15-1-2-16-7/h4,7H,1-3,5H2,(H2,13,14). The molecule has 1 fully saturated rings. The molecule has 0 aromatic carbocycles. The maximum absolute atomic E-state index is 13.5. The third kappa shape index (κ3) is 2.45. The van der Waals surface area contributed by atoms with E-state index in [2.05, 4.69) is 4.98 Å². The van der Waals surface area contributed by atoms with Crippen molar-refractivity contribution in [3.63, 3.8) is 0 Å². The lowest BCUT2D eigenvalue weighted by Gasteiger charge is -2.23. The number of anilines is 1. The molecule has 1 unspecified atom stereocenters. The summed E-state index contributed by atoms with van der Waals surface area (Å²) < 4.78 is 36.9. The van der Waals surface area contributed by atoms with E-state index in [0.717, 1.165) is 6.07 Å². The van der Waals surface area contributed by atoms with Crippen LogP contribution >= 0.6 is 0 Å². The van der Waals surface area contributed by atoms with E-state index in [1.807, 2.05) is 0 Å². The summed E-state index contributed by atoms with van der Waals surface area (Å²) in [5.74, 6) is -1.90. The number of hydrogen-bond acceptors (Lipinski definition) is 4. The smallest absolute Gasteiger partial charge is 0.215 e. The maximum Gasteiger partial charge on any atom is 0.215 e. The van der Waals surface area contributed by atoms with Gasteiger partial charge < -0.3 is 15.2 Å². The van der Waals surface area contributed by atoms with Crippen LogP contribution in [0.15, 0.2) is 6.07 Å². The molecule has 6 heteroatoms. The minimum atomic E-state index is -0.786. The molecule has 1 atom stereocenters. The first-order valence-electron chi connectivity index (χ1n) is 4.96. The lowest BCUT2D eigenvalue weighted by molar-refractivity contribution is -0.0874. The fourth-order valence-corrected chi connectivity index (χ4v) is 1.62. The second-order valence-corrected chi connectivity index (χ2v) is 3.58. The van der Waals surface area contributed by atoms with Crippen molar-refractivity contribution in [1.82, 2.24) is 4.98 Å². The number of nitrogens with two attached hydrogens (primary N) is 1. The highest BCUT2D eigenvalue weighted by atomic mass is 19.1. The predicted molar refractivity (Wildman–Crippen MR) is 52.8 cm³/mol. The van der Waals surface area contributed by atoms with E-state index >= 15 is 0 Å². The number of nitrogen functional groups attached to an aromatic ring is 1. The van der Waals surface area contributed by atoms with Crippen LogP contribution in [0.2, 0.25) is 0 Å². The molecule has 1 aliphatic rings. The second kappa shape index (κ2) is 4.71. The molecule has 2 heterocycles. The SMILES string of the molecule is Nc1nc(F)cc(CC2COCCO2)c1F. The molecule has 1 aliphatic heterocycles. The van der Waals surface area contributed by atoms with Crippen molar-refractivity contribution in [1.29, 1.82) is 0 Å². The first kappa shape index (κ1) is 11.2. The summed E-state index contributed by atoms with van der Waals surface area (Å²) in [5, 5.41) is 0. The number of aromatic nitrogens is 1. The highest BCUT2D eigenvalue weighted by Crippen LogP contribution is 2.17. The van der Waals surface area contributed by atoms with Crippen LogP contribution in [0.5, 0.6) is 0 Å². The van der Waals surface area contributed by atoms with Crippen molar-refractivity contribution >= 4 is 5.82 Å². The Morgan fingerprint density at radius 2 is 2.25 bits per heavy atom. The second-order valence-electron chi connectivity index (χ2n) is 3.58. The molecule has 0 amide bonds. The van der Waals surface area contributed by atoms with Crippen LogP contribution in [0.4, 0.5) is 14.6 Å². The largest absolute Gasteiger partial charge is 0.381 e. The Morgan fingerprint density at radius 1 is 1.44 bits per heavy atom. The van der Waals surface area contributed by atoms with Crippen molar-refractivity contribution in [2.45, 2.75) is 12.5 Å². The Balaban J connectivity index is 2.13. The van der Waals surface area contributed by atoms with Crippen LogP contribution in [0.25, 0.3) is 0 Å². The average molecular weight is 230 g/mol. The van der Waals surface area contributed by atoms with Gasteiger partial charge in [-0.25, -0.2) is 4.39 Å². The van der Waals surface area contributed by atoms with Gasteiger partial charge in [0.25, 0.3) is 0 Å². The highest BCUT2D eigenvalue weighted by molar-refractivity contribution is 5.35. The lowest BCUT2D eigenvalue weighted by Crippen LogP contribution is -2.30. The first-order valence-corrected chi connectivity index (χ1v) is 4.96. The number of halogens is 2. The third-order valence-electron chi connectivity index (χ3n) is 2.36. The molecule has 1 aromatic rings. The summed E-state index contributed by atoms with van der Waals surface area (Å²) in [5.41, 5.74) is 5.40. The summed E-state index contributed by atoms with van der Waals surface area (Å²) in [6, 6.07) is 1.03. The fourth-order valence-electron chi connectivity index (χ4n) is 1.62. The fraction of sp³-hybridized carbons (Fsp3) is 0.500. The number of ether oxygens (including phenoxy) is 2. The van der Waals surface area contributed by atoms with Crippen molar-refractivity contribution < 1.29 is 18.3 Å². The van der Waals surface area contributed by atoms with Crippen LogP contribution in [0, 0.1) is 11.8 Å². The molecule has 0 saturated carbocycles. The Morgan fingerprint density at radius 3 is 2.94 bits per heavy atom. The Bertz CT molecular complexity index is 381. The molecule has 0 bridgehead atoms. The zero-order chi connectivity index (χ0) is 11.5. The van der Waals surface area contributed by atoms with E-state index in [0.29, 0.717) is 19.8 Å². The van der Waals surface area contributed by atoms with E-state index in [-0.39, 0.29) is 18.1 Å². The van der Waals surface area contributed by atoms with Gasteiger partial charge in [-0.3, -0.25) is 0 Å². The highest BCUT2D eigenvalue weighted by Gasteiger charge is 2.19. The number of pyridine rings is 1. The van der Waals surface area contributed by atoms with Gasteiger partial charge in [0.2, 0.25) is 5.95 Å². The van der Waals surface area contributed by atoms with Gasteiger partial charge in [0.05, 0.1) is 25.9 Å². The molecule has 0 radical (unpaired) electrons. The molecule has 2 rings (SSSR count). The molecular formula is C10H12F2N2O2. The van der Waals surface area contributed by atoms with Gasteiger partial charge in [0.1, 0.15) is 0 Å². The molecule has 1 aromatic heterocycles. The predicted octanol–water partition coefficient (Wildman–Crippen LogP) is 0.900. The van der Waals surface area contributed by atoms with Crippen LogP contribution in [-0.4, -0.2) is 30.9 Å². The summed E-state index contributed by atoms with van der Waals surface area (Å²) >= 11 is 0. The molecule has 0 aliphatic carbocycles. The van der Waals surface area contributed by atoms with E-state index < -0.39 is 17.6 Å². The minimum Gasteiger partial charge on any atom is -0.381 e. The molecular weight excluding hydrogens is 218 g/mol. The van der Waals surface area contributed by atoms with Gasteiger partial charge in [-0.2, -0.15) is 9.37 Å². The number of nitrogens with zero attached hydrogens (tertiary/aromatic N) is 1. The van der Waals surface area contributed by atoms with Crippen LogP contribution in [0.3, 0.4) is 0 Å². The monoisotopic (exact) mass is 230 g/mol. The van der Waals surface area contributed by atoms with Gasteiger partial charge >= 0.3 is 0 Å². The van der Waals surface area contributed by atoms with Crippen LogP contribution in [0.1, 0.15) is 5.56 Å². The number of rotatable bonds is 2. The molecule has 2 N–H and O–H groups in total. The topological polar surface area (TPSA) is 57.4 Å². The molecule has 0 spiro atoms. The lowest BCUT2D eigenvalue weighted by atomic mass is 10.1. The average Bonchev–Trinajstić information content (AvgIpc) is 2.27. The van der Waals surface area contributed by atoms with Crippen molar-refractivity contribution in [2.75, 3.05) is 25.6 Å². The van der Waals surface area contributed by atoms with Crippen LogP contribution < -0.4 is 5.73 Å². The minimum absolute atomic E-state index is 0.167. The van der Waals surface area contributed by atoms with Gasteiger partial charge in [-0.1, -0.05) is 0 Å². The first-order chi connectivity index (χ1) is 7.66. The van der Waals surface area contributed by atoms with E-state index in [4.69, 9.17) is 15.2 Å². The zero-order valence-electron chi connectivity index (χ0n) is 8.58. The third-order valence-corrected chi connectivity index (χ3v) is 2.36. The normalized spacial score (nSPS) is 21.0. The van der Waals surface area contributed by atoms with Gasteiger partial charge in [-0.05, 0) is 11.6 Å². The van der Waals surface area contributed by atoms with Gasteiger partial charge in [-0.15, -0.1) is 0 Å². The summed E-state index contributed by atoms with van der Waals surface area (Å²) in [7, 11) is 0. The van der Waals surface area contributed by atoms with E-state index in [1.165, 1.54) is 0 Å². The molecule has 4 nitrogen and oxygen atoms in total. The summed E-state index contributed by atoms with van der Waals surface area (Å²) in [6.07, 6.45) is -0.0281. The molecule has 16 heavy (non-hydrogen) atoms. The van der Waals surface area contributed by atoms with Gasteiger partial charge in [0, 0.05) is 6.42 Å². The Labute approximate surface area is 91.4 Å². The zero-order valence-corrected chi connectivity index (χ0v) is 8.58. The quantitative estimate of drug-likeness (QED) is 0.767. The van der Waals surface area contributed by atoms with Crippen molar-refractivity contribution in [3.05, 3.63) is 23.4 Å². The van der Waals surface area contributed by atoms with E-state index in [9.17, 15) is 8.78 Å². The van der Waals surface area contributed by atoms with E-state index in [1.54, 1.807) is 0 Å². The van der Waals surface area contributed by atoms with Gasteiger partial charge in [0.15, 0.2) is 11.6 Å². The molecule has 1 saturated heterocycles. The van der Waals surface area contributed by atoms with Crippen LogP contribution in [-0.2, 0) is 15.9 Å².